The van der Waals surface area contributed by atoms with Crippen molar-refractivity contribution < 1.29 is 9.47 Å². The molecule has 2 atom stereocenters. The first-order valence-electron chi connectivity index (χ1n) is 8.06. The lowest BCUT2D eigenvalue weighted by molar-refractivity contribution is -0.0188. The Labute approximate surface area is 136 Å². The van der Waals surface area contributed by atoms with E-state index in [1.54, 1.807) is 7.11 Å². The van der Waals surface area contributed by atoms with Crippen LogP contribution in [0.1, 0.15) is 36.9 Å². The van der Waals surface area contributed by atoms with Crippen LogP contribution in [0.25, 0.3) is 0 Å². The Balaban J connectivity index is 1.69. The summed E-state index contributed by atoms with van der Waals surface area (Å²) < 4.78 is 11.4. The predicted molar refractivity (Wildman–Crippen MR) is 89.9 cm³/mol. The summed E-state index contributed by atoms with van der Waals surface area (Å²) in [5.41, 5.74) is 3.48. The van der Waals surface area contributed by atoms with Crippen LogP contribution in [-0.2, 0) is 0 Å². The number of hydrogen-bond donors (Lipinski definition) is 0. The molecule has 4 rings (SSSR count). The van der Waals surface area contributed by atoms with E-state index in [1.165, 1.54) is 5.56 Å². The van der Waals surface area contributed by atoms with E-state index in [0.29, 0.717) is 0 Å². The quantitative estimate of drug-likeness (QED) is 0.860. The highest BCUT2D eigenvalue weighted by Gasteiger charge is 2.39. The summed E-state index contributed by atoms with van der Waals surface area (Å²) in [7, 11) is 1.68. The molecule has 4 nitrogen and oxygen atoms in total. The average Bonchev–Trinajstić information content (AvgIpc) is 3.06. The van der Waals surface area contributed by atoms with Crippen LogP contribution in [0.15, 0.2) is 53.6 Å². The van der Waals surface area contributed by atoms with Crippen LogP contribution in [0.3, 0.4) is 0 Å². The van der Waals surface area contributed by atoms with E-state index in [0.717, 1.165) is 35.6 Å². The van der Waals surface area contributed by atoms with Crippen molar-refractivity contribution in [2.75, 3.05) is 7.11 Å². The van der Waals surface area contributed by atoms with Gasteiger partial charge in [0.1, 0.15) is 11.5 Å². The third-order valence-electron chi connectivity index (χ3n) is 4.55. The van der Waals surface area contributed by atoms with Gasteiger partial charge in [0.25, 0.3) is 0 Å². The minimum Gasteiger partial charge on any atom is -0.497 e. The van der Waals surface area contributed by atoms with Crippen LogP contribution in [0, 0.1) is 0 Å². The zero-order chi connectivity index (χ0) is 15.8. The topological polar surface area (TPSA) is 34.1 Å². The Bertz CT molecular complexity index is 739. The van der Waals surface area contributed by atoms with Crippen molar-refractivity contribution in [1.29, 1.82) is 0 Å². The molecule has 2 aromatic carbocycles. The van der Waals surface area contributed by atoms with Crippen LogP contribution in [0.5, 0.6) is 11.5 Å². The molecule has 0 unspecified atom stereocenters. The van der Waals surface area contributed by atoms with E-state index in [4.69, 9.17) is 14.6 Å². The third-order valence-corrected chi connectivity index (χ3v) is 4.55. The fourth-order valence-corrected chi connectivity index (χ4v) is 3.34. The SMILES string of the molecule is CC[C@H]1Oc2ccccc2[C@@H]2CC(c3ccc(OC)cc3)=NN12. The number of methoxy groups -OCH3 is 1. The summed E-state index contributed by atoms with van der Waals surface area (Å²) in [5.74, 6) is 1.86. The maximum atomic E-state index is 6.11. The molecular formula is C19H20N2O2. The van der Waals surface area contributed by atoms with Crippen molar-refractivity contribution in [2.45, 2.75) is 32.0 Å². The summed E-state index contributed by atoms with van der Waals surface area (Å²) in [6, 6.07) is 16.7. The number of para-hydroxylation sites is 1. The number of nitrogens with zero attached hydrogens (tertiary/aromatic N) is 2. The minimum absolute atomic E-state index is 0.00523. The first-order chi connectivity index (χ1) is 11.3. The molecule has 2 aliphatic rings. The third kappa shape index (κ3) is 2.34. The highest BCUT2D eigenvalue weighted by atomic mass is 16.5. The van der Waals surface area contributed by atoms with Crippen molar-refractivity contribution in [1.82, 2.24) is 5.01 Å². The van der Waals surface area contributed by atoms with E-state index >= 15 is 0 Å². The molecule has 2 aliphatic heterocycles. The smallest absolute Gasteiger partial charge is 0.187 e. The molecule has 0 aromatic heterocycles. The fraction of sp³-hybridized carbons (Fsp3) is 0.316. The van der Waals surface area contributed by atoms with Crippen molar-refractivity contribution in [3.8, 4) is 11.5 Å². The van der Waals surface area contributed by atoms with E-state index in [-0.39, 0.29) is 12.3 Å². The molecule has 0 radical (unpaired) electrons. The Kier molecular flexibility index (Phi) is 3.45. The largest absolute Gasteiger partial charge is 0.497 e. The van der Waals surface area contributed by atoms with Gasteiger partial charge in [-0.25, -0.2) is 0 Å². The number of hydrogen-bond acceptors (Lipinski definition) is 4. The molecule has 0 N–H and O–H groups in total. The lowest BCUT2D eigenvalue weighted by atomic mass is 9.96. The van der Waals surface area contributed by atoms with E-state index < -0.39 is 0 Å². The zero-order valence-electron chi connectivity index (χ0n) is 13.4. The Morgan fingerprint density at radius 3 is 2.70 bits per heavy atom. The van der Waals surface area contributed by atoms with E-state index in [9.17, 15) is 0 Å². The maximum absolute atomic E-state index is 6.11. The van der Waals surface area contributed by atoms with Gasteiger partial charge in [-0.2, -0.15) is 5.10 Å². The molecule has 0 aliphatic carbocycles. The lowest BCUT2D eigenvalue weighted by Gasteiger charge is -2.37. The summed E-state index contributed by atoms with van der Waals surface area (Å²) in [4.78, 5) is 0. The highest BCUT2D eigenvalue weighted by molar-refractivity contribution is 6.02. The van der Waals surface area contributed by atoms with Gasteiger partial charge in [-0.3, -0.25) is 5.01 Å². The number of rotatable bonds is 3. The monoisotopic (exact) mass is 308 g/mol. The Hall–Kier alpha value is -2.49. The first kappa shape index (κ1) is 14.1. The molecule has 0 saturated carbocycles. The molecule has 118 valence electrons. The van der Waals surface area contributed by atoms with Gasteiger partial charge < -0.3 is 9.47 Å². The highest BCUT2D eigenvalue weighted by Crippen LogP contribution is 2.43. The summed E-state index contributed by atoms with van der Waals surface area (Å²) in [6.07, 6.45) is 1.82. The first-order valence-corrected chi connectivity index (χ1v) is 8.06. The van der Waals surface area contributed by atoms with Gasteiger partial charge in [-0.1, -0.05) is 25.1 Å². The van der Waals surface area contributed by atoms with Gasteiger partial charge in [0.05, 0.1) is 18.9 Å². The van der Waals surface area contributed by atoms with Crippen LogP contribution in [0.2, 0.25) is 0 Å². The maximum Gasteiger partial charge on any atom is 0.187 e. The second-order valence-electron chi connectivity index (χ2n) is 5.89. The molecule has 0 saturated heterocycles. The lowest BCUT2D eigenvalue weighted by Crippen LogP contribution is -2.39. The summed E-state index contributed by atoms with van der Waals surface area (Å²) in [6.45, 7) is 2.14. The van der Waals surface area contributed by atoms with Crippen LogP contribution in [-0.4, -0.2) is 24.1 Å². The van der Waals surface area contributed by atoms with E-state index in [2.05, 4.69) is 42.3 Å². The molecule has 0 amide bonds. The predicted octanol–water partition coefficient (Wildman–Crippen LogP) is 3.97. The molecule has 4 heteroatoms. The Morgan fingerprint density at radius 1 is 1.17 bits per heavy atom. The van der Waals surface area contributed by atoms with Crippen LogP contribution >= 0.6 is 0 Å². The molecule has 0 bridgehead atoms. The van der Waals surface area contributed by atoms with Gasteiger partial charge in [0.2, 0.25) is 0 Å². The van der Waals surface area contributed by atoms with Crippen LogP contribution in [0.4, 0.5) is 0 Å². The molecule has 23 heavy (non-hydrogen) atoms. The summed E-state index contributed by atoms with van der Waals surface area (Å²) >= 11 is 0. The van der Waals surface area contributed by atoms with Gasteiger partial charge >= 0.3 is 0 Å². The number of hydrazone groups is 1. The zero-order valence-corrected chi connectivity index (χ0v) is 13.4. The second kappa shape index (κ2) is 5.61. The van der Waals surface area contributed by atoms with Crippen molar-refractivity contribution >= 4 is 5.71 Å². The normalized spacial score (nSPS) is 22.0. The van der Waals surface area contributed by atoms with Crippen molar-refractivity contribution in [3.05, 3.63) is 59.7 Å². The van der Waals surface area contributed by atoms with Gasteiger partial charge in [0.15, 0.2) is 6.23 Å². The Morgan fingerprint density at radius 2 is 1.96 bits per heavy atom. The fourth-order valence-electron chi connectivity index (χ4n) is 3.34. The number of ether oxygens (including phenoxy) is 2. The van der Waals surface area contributed by atoms with Crippen molar-refractivity contribution in [3.63, 3.8) is 0 Å². The molecular weight excluding hydrogens is 288 g/mol. The molecule has 0 spiro atoms. The summed E-state index contributed by atoms with van der Waals surface area (Å²) in [5, 5.41) is 7.00. The average molecular weight is 308 g/mol. The van der Waals surface area contributed by atoms with Crippen molar-refractivity contribution in [2.24, 2.45) is 5.10 Å². The van der Waals surface area contributed by atoms with Crippen LogP contribution < -0.4 is 9.47 Å². The molecule has 2 aromatic rings. The standard InChI is InChI=1S/C19H20N2O2/c1-3-19-21-17(15-6-4-5-7-18(15)23-19)12-16(20-21)13-8-10-14(22-2)11-9-13/h4-11,17,19H,3,12H2,1-2H3/t17-,19+/m0/s1. The second-order valence-corrected chi connectivity index (χ2v) is 5.89. The molecule has 2 heterocycles. The van der Waals surface area contributed by atoms with E-state index in [1.807, 2.05) is 18.2 Å². The van der Waals surface area contributed by atoms with Gasteiger partial charge in [-0.15, -0.1) is 0 Å². The number of benzene rings is 2. The molecule has 0 fully saturated rings. The minimum atomic E-state index is 0.00523. The number of fused-ring (bicyclic) bond motifs is 3. The van der Waals surface area contributed by atoms with Gasteiger partial charge in [-0.05, 0) is 35.9 Å². The van der Waals surface area contributed by atoms with Gasteiger partial charge in [0, 0.05) is 18.4 Å².